The van der Waals surface area contributed by atoms with Crippen molar-refractivity contribution in [3.8, 4) is 5.75 Å². The van der Waals surface area contributed by atoms with Crippen LogP contribution in [0, 0.1) is 11.6 Å². The monoisotopic (exact) mass is 270 g/mol. The first-order valence-corrected chi connectivity index (χ1v) is 6.80. The highest BCUT2D eigenvalue weighted by Crippen LogP contribution is 2.37. The summed E-state index contributed by atoms with van der Waals surface area (Å²) in [6.07, 6.45) is 3.73. The standard InChI is InChI=1S/C15H20F2O2/c1-3-19-13-9-8-12(14(16)15(13)17)10-4-6-11(18-2)7-5-10/h8-11H,3-7H2,1-2H3. The van der Waals surface area contributed by atoms with Gasteiger partial charge in [-0.2, -0.15) is 4.39 Å². The van der Waals surface area contributed by atoms with E-state index in [1.807, 2.05) is 0 Å². The average molecular weight is 270 g/mol. The van der Waals surface area contributed by atoms with Crippen LogP contribution in [0.1, 0.15) is 44.1 Å². The molecule has 1 fully saturated rings. The summed E-state index contributed by atoms with van der Waals surface area (Å²) >= 11 is 0. The molecule has 0 unspecified atom stereocenters. The maximum atomic E-state index is 14.1. The molecule has 1 aliphatic carbocycles. The number of ether oxygens (including phenoxy) is 2. The fraction of sp³-hybridized carbons (Fsp3) is 0.600. The normalized spacial score (nSPS) is 23.4. The molecule has 0 radical (unpaired) electrons. The molecular formula is C15H20F2O2. The summed E-state index contributed by atoms with van der Waals surface area (Å²) in [6, 6.07) is 3.18. The molecule has 106 valence electrons. The van der Waals surface area contributed by atoms with Crippen LogP contribution in [0.2, 0.25) is 0 Å². The summed E-state index contributed by atoms with van der Waals surface area (Å²) < 4.78 is 38.2. The average Bonchev–Trinajstić information content (AvgIpc) is 2.45. The summed E-state index contributed by atoms with van der Waals surface area (Å²) in [6.45, 7) is 2.08. The van der Waals surface area contributed by atoms with Gasteiger partial charge >= 0.3 is 0 Å². The Bertz CT molecular complexity index is 426. The van der Waals surface area contributed by atoms with Gasteiger partial charge in [-0.25, -0.2) is 4.39 Å². The van der Waals surface area contributed by atoms with Gasteiger partial charge in [0.15, 0.2) is 11.6 Å². The first kappa shape index (κ1) is 14.3. The molecule has 4 heteroatoms. The minimum atomic E-state index is -0.867. The Hall–Kier alpha value is -1.16. The van der Waals surface area contributed by atoms with Gasteiger partial charge in [0.2, 0.25) is 5.82 Å². The van der Waals surface area contributed by atoms with Crippen molar-refractivity contribution in [3.63, 3.8) is 0 Å². The quantitative estimate of drug-likeness (QED) is 0.822. The molecule has 0 amide bonds. The Balaban J connectivity index is 2.15. The maximum absolute atomic E-state index is 14.1. The summed E-state index contributed by atoms with van der Waals surface area (Å²) in [7, 11) is 1.70. The van der Waals surface area contributed by atoms with E-state index in [1.54, 1.807) is 20.1 Å². The third-order valence-corrected chi connectivity index (χ3v) is 3.82. The highest BCUT2D eigenvalue weighted by atomic mass is 19.2. The van der Waals surface area contributed by atoms with Gasteiger partial charge in [-0.05, 0) is 50.2 Å². The second-order valence-electron chi connectivity index (χ2n) is 4.92. The van der Waals surface area contributed by atoms with E-state index >= 15 is 0 Å². The molecule has 2 rings (SSSR count). The van der Waals surface area contributed by atoms with Crippen molar-refractivity contribution in [3.05, 3.63) is 29.3 Å². The summed E-state index contributed by atoms with van der Waals surface area (Å²) in [4.78, 5) is 0. The number of rotatable bonds is 4. The Kier molecular flexibility index (Phi) is 4.75. The van der Waals surface area contributed by atoms with E-state index in [9.17, 15) is 8.78 Å². The molecule has 0 heterocycles. The number of benzene rings is 1. The lowest BCUT2D eigenvalue weighted by Crippen LogP contribution is -2.20. The molecule has 1 aromatic rings. The molecule has 0 spiro atoms. The Morgan fingerprint density at radius 1 is 1.11 bits per heavy atom. The van der Waals surface area contributed by atoms with E-state index in [4.69, 9.17) is 9.47 Å². The molecule has 0 N–H and O–H groups in total. The van der Waals surface area contributed by atoms with Crippen LogP contribution in [0.3, 0.4) is 0 Å². The lowest BCUT2D eigenvalue weighted by atomic mass is 9.82. The minimum absolute atomic E-state index is 0.00525. The first-order valence-electron chi connectivity index (χ1n) is 6.80. The molecule has 0 aromatic heterocycles. The van der Waals surface area contributed by atoms with Gasteiger partial charge in [0.25, 0.3) is 0 Å². The first-order chi connectivity index (χ1) is 9.17. The van der Waals surface area contributed by atoms with Crippen LogP contribution in [0.4, 0.5) is 8.78 Å². The Morgan fingerprint density at radius 3 is 2.37 bits per heavy atom. The summed E-state index contributed by atoms with van der Waals surface area (Å²) in [5.41, 5.74) is 0.468. The van der Waals surface area contributed by atoms with Gasteiger partial charge in [-0.1, -0.05) is 6.07 Å². The zero-order valence-corrected chi connectivity index (χ0v) is 11.4. The van der Waals surface area contributed by atoms with Crippen molar-refractivity contribution in [2.75, 3.05) is 13.7 Å². The van der Waals surface area contributed by atoms with Crippen molar-refractivity contribution in [2.45, 2.75) is 44.6 Å². The zero-order chi connectivity index (χ0) is 13.8. The predicted octanol–water partition coefficient (Wildman–Crippen LogP) is 4.04. The molecule has 1 saturated carbocycles. The lowest BCUT2D eigenvalue weighted by Gasteiger charge is -2.28. The molecule has 1 aliphatic rings. The number of hydrogen-bond donors (Lipinski definition) is 0. The fourth-order valence-corrected chi connectivity index (χ4v) is 2.74. The Labute approximate surface area is 112 Å². The van der Waals surface area contributed by atoms with E-state index in [1.165, 1.54) is 6.07 Å². The topological polar surface area (TPSA) is 18.5 Å². The third-order valence-electron chi connectivity index (χ3n) is 3.82. The molecule has 0 saturated heterocycles. The van der Waals surface area contributed by atoms with Crippen LogP contribution in [0.5, 0.6) is 5.75 Å². The summed E-state index contributed by atoms with van der Waals surface area (Å²) in [5.74, 6) is -1.55. The highest BCUT2D eigenvalue weighted by molar-refractivity contribution is 5.33. The van der Waals surface area contributed by atoms with Gasteiger partial charge in [0.1, 0.15) is 0 Å². The second-order valence-corrected chi connectivity index (χ2v) is 4.92. The van der Waals surface area contributed by atoms with Gasteiger partial charge in [0, 0.05) is 7.11 Å². The predicted molar refractivity (Wildman–Crippen MR) is 69.5 cm³/mol. The van der Waals surface area contributed by atoms with Crippen LogP contribution < -0.4 is 4.74 Å². The van der Waals surface area contributed by atoms with E-state index in [0.717, 1.165) is 25.7 Å². The number of methoxy groups -OCH3 is 1. The molecule has 2 nitrogen and oxygen atoms in total. The highest BCUT2D eigenvalue weighted by Gasteiger charge is 2.26. The minimum Gasteiger partial charge on any atom is -0.491 e. The number of halogens is 2. The largest absolute Gasteiger partial charge is 0.491 e. The Morgan fingerprint density at radius 2 is 1.79 bits per heavy atom. The van der Waals surface area contributed by atoms with E-state index in [0.29, 0.717) is 12.2 Å². The smallest absolute Gasteiger partial charge is 0.200 e. The van der Waals surface area contributed by atoms with Gasteiger partial charge in [0.05, 0.1) is 12.7 Å². The van der Waals surface area contributed by atoms with Crippen molar-refractivity contribution >= 4 is 0 Å². The van der Waals surface area contributed by atoms with Crippen molar-refractivity contribution in [2.24, 2.45) is 0 Å². The van der Waals surface area contributed by atoms with Crippen LogP contribution >= 0.6 is 0 Å². The molecule has 0 atom stereocenters. The lowest BCUT2D eigenvalue weighted by molar-refractivity contribution is 0.0654. The SMILES string of the molecule is CCOc1ccc(C2CCC(OC)CC2)c(F)c1F. The summed E-state index contributed by atoms with van der Waals surface area (Å²) in [5, 5.41) is 0. The van der Waals surface area contributed by atoms with Crippen molar-refractivity contribution < 1.29 is 18.3 Å². The maximum Gasteiger partial charge on any atom is 0.200 e. The van der Waals surface area contributed by atoms with E-state index in [2.05, 4.69) is 0 Å². The molecule has 0 bridgehead atoms. The number of hydrogen-bond acceptors (Lipinski definition) is 2. The second kappa shape index (κ2) is 6.33. The molecular weight excluding hydrogens is 250 g/mol. The van der Waals surface area contributed by atoms with Crippen LogP contribution in [0.25, 0.3) is 0 Å². The van der Waals surface area contributed by atoms with E-state index in [-0.39, 0.29) is 17.8 Å². The van der Waals surface area contributed by atoms with Crippen LogP contribution in [-0.4, -0.2) is 19.8 Å². The third kappa shape index (κ3) is 3.06. The van der Waals surface area contributed by atoms with Crippen molar-refractivity contribution in [1.82, 2.24) is 0 Å². The molecule has 0 aliphatic heterocycles. The van der Waals surface area contributed by atoms with Crippen molar-refractivity contribution in [1.29, 1.82) is 0 Å². The molecule has 1 aromatic carbocycles. The van der Waals surface area contributed by atoms with Gasteiger partial charge in [-0.15, -0.1) is 0 Å². The van der Waals surface area contributed by atoms with Crippen LogP contribution in [0.15, 0.2) is 12.1 Å². The fourth-order valence-electron chi connectivity index (χ4n) is 2.74. The van der Waals surface area contributed by atoms with Crippen LogP contribution in [-0.2, 0) is 4.74 Å². The molecule has 19 heavy (non-hydrogen) atoms. The van der Waals surface area contributed by atoms with Gasteiger partial charge < -0.3 is 9.47 Å². The van der Waals surface area contributed by atoms with E-state index < -0.39 is 11.6 Å². The zero-order valence-electron chi connectivity index (χ0n) is 11.4. The van der Waals surface area contributed by atoms with Gasteiger partial charge in [-0.3, -0.25) is 0 Å².